The molecule has 1 saturated heterocycles. The molecule has 0 aromatic carbocycles. The molecule has 0 radical (unpaired) electrons. The molecule has 6 heteroatoms. The van der Waals surface area contributed by atoms with E-state index in [0.29, 0.717) is 31.8 Å². The molecule has 0 aliphatic carbocycles. The molecule has 78 valence electrons. The molecule has 0 spiro atoms. The number of likely N-dealkylation sites (tertiary alicyclic amines) is 1. The van der Waals surface area contributed by atoms with E-state index in [9.17, 15) is 4.79 Å². The van der Waals surface area contributed by atoms with E-state index in [1.807, 2.05) is 0 Å². The Morgan fingerprint density at radius 2 is 2.60 bits per heavy atom. The number of hydrogen-bond donors (Lipinski definition) is 0. The minimum absolute atomic E-state index is 0.0324. The van der Waals surface area contributed by atoms with Crippen LogP contribution in [-0.2, 0) is 11.2 Å². The molecule has 6 nitrogen and oxygen atoms in total. The summed E-state index contributed by atoms with van der Waals surface area (Å²) in [4.78, 5) is 16.9. The zero-order valence-electron chi connectivity index (χ0n) is 8.09. The summed E-state index contributed by atoms with van der Waals surface area (Å²) >= 11 is 0. The molecule has 2 heterocycles. The molecule has 1 atom stereocenters. The molecular formula is C9H10N4O2. The summed E-state index contributed by atoms with van der Waals surface area (Å²) in [7, 11) is 0. The van der Waals surface area contributed by atoms with Gasteiger partial charge in [0.25, 0.3) is 0 Å². The Bertz CT molecular complexity index is 381. The number of nitriles is 1. The van der Waals surface area contributed by atoms with Crippen molar-refractivity contribution in [3.05, 3.63) is 12.2 Å². The average Bonchev–Trinajstić information content (AvgIpc) is 2.84. The van der Waals surface area contributed by atoms with Gasteiger partial charge < -0.3 is 9.42 Å². The monoisotopic (exact) mass is 206 g/mol. The summed E-state index contributed by atoms with van der Waals surface area (Å²) < 4.78 is 4.58. The maximum atomic E-state index is 11.4. The summed E-state index contributed by atoms with van der Waals surface area (Å²) in [5, 5.41) is 12.3. The van der Waals surface area contributed by atoms with Crippen LogP contribution in [0.2, 0.25) is 0 Å². The van der Waals surface area contributed by atoms with Crippen LogP contribution in [0.5, 0.6) is 0 Å². The molecule has 0 bridgehead atoms. The molecule has 1 aromatic rings. The number of aromatic nitrogens is 2. The zero-order valence-corrected chi connectivity index (χ0v) is 8.09. The van der Waals surface area contributed by atoms with E-state index in [-0.39, 0.29) is 11.8 Å². The zero-order chi connectivity index (χ0) is 10.7. The smallest absolute Gasteiger partial charge is 0.224 e. The molecule has 1 aromatic heterocycles. The Morgan fingerprint density at radius 3 is 3.20 bits per heavy atom. The Morgan fingerprint density at radius 1 is 1.73 bits per heavy atom. The van der Waals surface area contributed by atoms with Gasteiger partial charge in [-0.25, -0.2) is 0 Å². The van der Waals surface area contributed by atoms with Crippen LogP contribution in [0.15, 0.2) is 10.9 Å². The molecule has 0 N–H and O–H groups in total. The van der Waals surface area contributed by atoms with Gasteiger partial charge in [-0.05, 0) is 0 Å². The highest BCUT2D eigenvalue weighted by Crippen LogP contribution is 2.16. The first-order valence-electron chi connectivity index (χ1n) is 4.72. The second-order valence-electron chi connectivity index (χ2n) is 3.47. The van der Waals surface area contributed by atoms with Crippen molar-refractivity contribution >= 4 is 5.91 Å². The predicted molar refractivity (Wildman–Crippen MR) is 48.3 cm³/mol. The fourth-order valence-corrected chi connectivity index (χ4v) is 1.61. The van der Waals surface area contributed by atoms with Gasteiger partial charge in [0, 0.05) is 25.9 Å². The van der Waals surface area contributed by atoms with E-state index >= 15 is 0 Å². The van der Waals surface area contributed by atoms with E-state index in [1.54, 1.807) is 4.90 Å². The first kappa shape index (κ1) is 9.65. The molecule has 1 unspecified atom stereocenters. The van der Waals surface area contributed by atoms with Crippen molar-refractivity contribution in [1.29, 1.82) is 5.26 Å². The van der Waals surface area contributed by atoms with Crippen LogP contribution in [0.25, 0.3) is 0 Å². The van der Waals surface area contributed by atoms with Gasteiger partial charge in [-0.3, -0.25) is 4.79 Å². The number of hydrogen-bond acceptors (Lipinski definition) is 5. The van der Waals surface area contributed by atoms with Crippen LogP contribution in [0.3, 0.4) is 0 Å². The molecule has 1 fully saturated rings. The first-order valence-corrected chi connectivity index (χ1v) is 4.72. The van der Waals surface area contributed by atoms with Crippen LogP contribution < -0.4 is 0 Å². The average molecular weight is 206 g/mol. The minimum Gasteiger partial charge on any atom is -0.343 e. The maximum Gasteiger partial charge on any atom is 0.224 e. The number of carbonyl (C=O) groups excluding carboxylic acids is 1. The molecule has 15 heavy (non-hydrogen) atoms. The molecule has 0 saturated carbocycles. The van der Waals surface area contributed by atoms with Gasteiger partial charge in [-0.15, -0.1) is 0 Å². The van der Waals surface area contributed by atoms with Crippen LogP contribution in [0.1, 0.15) is 12.2 Å². The predicted octanol–water partition coefficient (Wildman–Crippen LogP) is -0.0158. The lowest BCUT2D eigenvalue weighted by molar-refractivity contribution is -0.127. The van der Waals surface area contributed by atoms with Gasteiger partial charge in [0.1, 0.15) is 0 Å². The largest absolute Gasteiger partial charge is 0.343 e. The lowest BCUT2D eigenvalue weighted by atomic mass is 10.1. The maximum absolute atomic E-state index is 11.4. The normalized spacial score (nSPS) is 20.6. The van der Waals surface area contributed by atoms with Gasteiger partial charge in [0.2, 0.25) is 12.3 Å². The van der Waals surface area contributed by atoms with Crippen molar-refractivity contribution in [3.8, 4) is 6.07 Å². The number of carbonyl (C=O) groups is 1. The molecule has 1 amide bonds. The third-order valence-electron chi connectivity index (χ3n) is 2.41. The van der Waals surface area contributed by atoms with Gasteiger partial charge in [0.15, 0.2) is 5.82 Å². The Labute approximate surface area is 86.5 Å². The SMILES string of the molecule is N#CC1CC(=O)N(CCc2ncon2)C1. The molecule has 2 rings (SSSR count). The summed E-state index contributed by atoms with van der Waals surface area (Å²) in [5.74, 6) is 0.455. The van der Waals surface area contributed by atoms with E-state index < -0.39 is 0 Å². The summed E-state index contributed by atoms with van der Waals surface area (Å²) in [6.07, 6.45) is 2.17. The van der Waals surface area contributed by atoms with E-state index in [1.165, 1.54) is 6.39 Å². The second kappa shape index (κ2) is 4.09. The van der Waals surface area contributed by atoms with Crippen molar-refractivity contribution in [2.45, 2.75) is 12.8 Å². The van der Waals surface area contributed by atoms with Gasteiger partial charge in [0.05, 0.1) is 12.0 Å². The summed E-state index contributed by atoms with van der Waals surface area (Å²) in [6.45, 7) is 1.07. The second-order valence-corrected chi connectivity index (χ2v) is 3.47. The topological polar surface area (TPSA) is 83.0 Å². The van der Waals surface area contributed by atoms with Crippen LogP contribution in [0.4, 0.5) is 0 Å². The standard InChI is InChI=1S/C9H10N4O2/c10-4-7-3-9(14)13(5-7)2-1-8-11-6-15-12-8/h6-7H,1-3,5H2. The van der Waals surface area contributed by atoms with E-state index in [4.69, 9.17) is 5.26 Å². The van der Waals surface area contributed by atoms with Gasteiger partial charge in [-0.1, -0.05) is 5.16 Å². The number of rotatable bonds is 3. The Hall–Kier alpha value is -1.90. The van der Waals surface area contributed by atoms with Crippen molar-refractivity contribution in [2.75, 3.05) is 13.1 Å². The van der Waals surface area contributed by atoms with Crippen molar-refractivity contribution in [1.82, 2.24) is 15.0 Å². The highest BCUT2D eigenvalue weighted by molar-refractivity contribution is 5.79. The van der Waals surface area contributed by atoms with Crippen LogP contribution in [-0.4, -0.2) is 34.0 Å². The molecule has 1 aliphatic rings. The fraction of sp³-hybridized carbons (Fsp3) is 0.556. The third-order valence-corrected chi connectivity index (χ3v) is 2.41. The van der Waals surface area contributed by atoms with Gasteiger partial charge in [-0.2, -0.15) is 10.2 Å². The van der Waals surface area contributed by atoms with Crippen molar-refractivity contribution < 1.29 is 9.32 Å². The lowest BCUT2D eigenvalue weighted by Gasteiger charge is -2.13. The highest BCUT2D eigenvalue weighted by Gasteiger charge is 2.29. The molecular weight excluding hydrogens is 196 g/mol. The van der Waals surface area contributed by atoms with Crippen LogP contribution >= 0.6 is 0 Å². The molecule has 1 aliphatic heterocycles. The van der Waals surface area contributed by atoms with Gasteiger partial charge >= 0.3 is 0 Å². The van der Waals surface area contributed by atoms with Crippen LogP contribution in [0, 0.1) is 17.2 Å². The number of amides is 1. The summed E-state index contributed by atoms with van der Waals surface area (Å²) in [6, 6.07) is 2.11. The summed E-state index contributed by atoms with van der Waals surface area (Å²) in [5.41, 5.74) is 0. The number of nitrogens with zero attached hydrogens (tertiary/aromatic N) is 4. The highest BCUT2D eigenvalue weighted by atomic mass is 16.5. The van der Waals surface area contributed by atoms with Crippen molar-refractivity contribution in [2.24, 2.45) is 5.92 Å². The first-order chi connectivity index (χ1) is 7.29. The Kier molecular flexibility index (Phi) is 2.63. The Balaban J connectivity index is 1.86. The van der Waals surface area contributed by atoms with E-state index in [0.717, 1.165) is 0 Å². The minimum atomic E-state index is -0.164. The van der Waals surface area contributed by atoms with Crippen molar-refractivity contribution in [3.63, 3.8) is 0 Å². The third kappa shape index (κ3) is 2.13. The lowest BCUT2D eigenvalue weighted by Crippen LogP contribution is -2.27. The van der Waals surface area contributed by atoms with E-state index in [2.05, 4.69) is 20.7 Å². The fourth-order valence-electron chi connectivity index (χ4n) is 1.61. The quantitative estimate of drug-likeness (QED) is 0.694.